The number of unbranched alkanes of at least 4 members (excludes halogenated alkanes) is 4. The van der Waals surface area contributed by atoms with Crippen LogP contribution >= 0.6 is 0 Å². The molecule has 0 radical (unpaired) electrons. The van der Waals surface area contributed by atoms with Gasteiger partial charge in [0.1, 0.15) is 6.73 Å². The molecule has 1 aromatic carbocycles. The maximum Gasteiger partial charge on any atom is 0.409 e. The van der Waals surface area contributed by atoms with Crippen LogP contribution in [0.1, 0.15) is 59.7 Å². The van der Waals surface area contributed by atoms with E-state index in [1.165, 1.54) is 6.42 Å². The molecule has 1 N–H and O–H groups in total. The molecule has 1 aromatic rings. The molecule has 0 spiro atoms. The zero-order valence-electron chi connectivity index (χ0n) is 13.7. The first-order valence-electron chi connectivity index (χ1n) is 8.16. The number of imide groups is 1. The molecule has 24 heavy (non-hydrogen) atoms. The number of hydroxylamine groups is 2. The molecule has 3 amide bonds. The van der Waals surface area contributed by atoms with Crippen molar-refractivity contribution >= 4 is 17.9 Å². The van der Waals surface area contributed by atoms with Gasteiger partial charge in [-0.2, -0.15) is 0 Å². The highest BCUT2D eigenvalue weighted by Gasteiger charge is 2.36. The van der Waals surface area contributed by atoms with E-state index in [0.29, 0.717) is 11.7 Å². The molecule has 0 aliphatic carbocycles. The smallest absolute Gasteiger partial charge is 0.409 e. The molecule has 7 nitrogen and oxygen atoms in total. The highest BCUT2D eigenvalue weighted by molar-refractivity contribution is 6.20. The van der Waals surface area contributed by atoms with Crippen LogP contribution in [-0.2, 0) is 9.57 Å². The fourth-order valence-electron chi connectivity index (χ4n) is 2.36. The van der Waals surface area contributed by atoms with Gasteiger partial charge in [0.25, 0.3) is 11.8 Å². The number of fused-ring (bicyclic) bond motifs is 1. The Labute approximate surface area is 140 Å². The van der Waals surface area contributed by atoms with Crippen molar-refractivity contribution in [1.82, 2.24) is 10.4 Å². The van der Waals surface area contributed by atoms with Crippen LogP contribution in [0, 0.1) is 0 Å². The Hall–Kier alpha value is -2.41. The fourth-order valence-corrected chi connectivity index (χ4v) is 2.36. The third-order valence-electron chi connectivity index (χ3n) is 3.65. The number of hydrogen-bond acceptors (Lipinski definition) is 5. The zero-order valence-corrected chi connectivity index (χ0v) is 13.7. The predicted octanol–water partition coefficient (Wildman–Crippen LogP) is 2.87. The zero-order chi connectivity index (χ0) is 17.4. The lowest BCUT2D eigenvalue weighted by Crippen LogP contribution is -2.36. The average molecular weight is 334 g/mol. The summed E-state index contributed by atoms with van der Waals surface area (Å²) in [7, 11) is 0. The number of hydrogen-bond donors (Lipinski definition) is 1. The van der Waals surface area contributed by atoms with Crippen molar-refractivity contribution in [3.63, 3.8) is 0 Å². The van der Waals surface area contributed by atoms with E-state index in [1.807, 2.05) is 0 Å². The molecule has 0 fully saturated rings. The van der Waals surface area contributed by atoms with Crippen LogP contribution in [0.4, 0.5) is 4.79 Å². The quantitative estimate of drug-likeness (QED) is 0.426. The molecule has 1 aliphatic rings. The minimum Gasteiger partial charge on any atom is -0.450 e. The molecule has 7 heteroatoms. The lowest BCUT2D eigenvalue weighted by Gasteiger charge is -2.13. The van der Waals surface area contributed by atoms with E-state index in [1.54, 1.807) is 24.3 Å². The SMILES string of the molecule is CCCCCCCOC(=O)NCON1C(=O)c2ccccc2C1=O. The topological polar surface area (TPSA) is 84.9 Å². The Bertz CT molecular complexity index is 567. The largest absolute Gasteiger partial charge is 0.450 e. The van der Waals surface area contributed by atoms with Crippen molar-refractivity contribution in [1.29, 1.82) is 0 Å². The molecular weight excluding hydrogens is 312 g/mol. The van der Waals surface area contributed by atoms with Crippen LogP contribution < -0.4 is 5.32 Å². The van der Waals surface area contributed by atoms with Crippen molar-refractivity contribution in [2.75, 3.05) is 13.3 Å². The summed E-state index contributed by atoms with van der Waals surface area (Å²) in [6, 6.07) is 6.45. The monoisotopic (exact) mass is 334 g/mol. The van der Waals surface area contributed by atoms with Crippen molar-refractivity contribution in [2.24, 2.45) is 0 Å². The number of rotatable bonds is 9. The minimum atomic E-state index is -0.637. The van der Waals surface area contributed by atoms with E-state index in [4.69, 9.17) is 9.57 Å². The molecule has 0 saturated carbocycles. The van der Waals surface area contributed by atoms with Crippen LogP contribution in [0.3, 0.4) is 0 Å². The highest BCUT2D eigenvalue weighted by atomic mass is 16.7. The molecule has 1 heterocycles. The van der Waals surface area contributed by atoms with Gasteiger partial charge < -0.3 is 4.74 Å². The van der Waals surface area contributed by atoms with E-state index >= 15 is 0 Å². The van der Waals surface area contributed by atoms with E-state index in [0.717, 1.165) is 25.7 Å². The fraction of sp³-hybridized carbons (Fsp3) is 0.471. The van der Waals surface area contributed by atoms with Gasteiger partial charge in [0.2, 0.25) is 0 Å². The summed E-state index contributed by atoms with van der Waals surface area (Å²) in [5, 5.41) is 3.00. The first kappa shape index (κ1) is 17.9. The third kappa shape index (κ3) is 4.55. The van der Waals surface area contributed by atoms with Gasteiger partial charge >= 0.3 is 6.09 Å². The highest BCUT2D eigenvalue weighted by Crippen LogP contribution is 2.22. The standard InChI is InChI=1S/C17H22N2O5/c1-2-3-4-5-8-11-23-17(22)18-12-24-19-15(20)13-9-6-7-10-14(13)16(19)21/h6-7,9-10H,2-5,8,11-12H2,1H3,(H,18,22). The van der Waals surface area contributed by atoms with Crippen LogP contribution in [0.15, 0.2) is 24.3 Å². The average Bonchev–Trinajstić information content (AvgIpc) is 2.83. The summed E-state index contributed by atoms with van der Waals surface area (Å²) in [6.45, 7) is 2.15. The minimum absolute atomic E-state index is 0.289. The summed E-state index contributed by atoms with van der Waals surface area (Å²) >= 11 is 0. The number of benzene rings is 1. The maximum atomic E-state index is 12.0. The predicted molar refractivity (Wildman–Crippen MR) is 86.1 cm³/mol. The maximum absolute atomic E-state index is 12.0. The summed E-state index contributed by atoms with van der Waals surface area (Å²) in [5.41, 5.74) is 0.578. The summed E-state index contributed by atoms with van der Waals surface area (Å²) in [4.78, 5) is 40.6. The number of alkyl carbamates (subject to hydrolysis) is 1. The van der Waals surface area contributed by atoms with Crippen LogP contribution in [0.25, 0.3) is 0 Å². The molecule has 0 aromatic heterocycles. The van der Waals surface area contributed by atoms with Crippen molar-refractivity contribution in [3.8, 4) is 0 Å². The van der Waals surface area contributed by atoms with Crippen molar-refractivity contribution < 1.29 is 24.0 Å². The van der Waals surface area contributed by atoms with Crippen molar-refractivity contribution in [2.45, 2.75) is 39.0 Å². The van der Waals surface area contributed by atoms with Gasteiger partial charge in [-0.05, 0) is 18.6 Å². The van der Waals surface area contributed by atoms with Gasteiger partial charge in [-0.25, -0.2) is 9.63 Å². The van der Waals surface area contributed by atoms with Gasteiger partial charge in [-0.1, -0.05) is 44.7 Å². The lowest BCUT2D eigenvalue weighted by molar-refractivity contribution is -0.0964. The van der Waals surface area contributed by atoms with Crippen molar-refractivity contribution in [3.05, 3.63) is 35.4 Å². The van der Waals surface area contributed by atoms with E-state index in [2.05, 4.69) is 12.2 Å². The molecule has 0 unspecified atom stereocenters. The number of carbonyl (C=O) groups is 3. The normalized spacial score (nSPS) is 13.1. The summed E-state index contributed by atoms with van der Waals surface area (Å²) in [6.07, 6.45) is 4.67. The Morgan fingerprint density at radius 2 is 1.67 bits per heavy atom. The number of amides is 3. The number of nitrogens with one attached hydrogen (secondary N) is 1. The number of nitrogens with zero attached hydrogens (tertiary/aromatic N) is 1. The van der Waals surface area contributed by atoms with Crippen LogP contribution in [0.2, 0.25) is 0 Å². The Morgan fingerprint density at radius 3 is 2.29 bits per heavy atom. The number of carbonyl (C=O) groups excluding carboxylic acids is 3. The van der Waals surface area contributed by atoms with Gasteiger partial charge in [0.05, 0.1) is 17.7 Å². The second kappa shape index (κ2) is 9.02. The van der Waals surface area contributed by atoms with E-state index < -0.39 is 17.9 Å². The third-order valence-corrected chi connectivity index (χ3v) is 3.65. The molecule has 2 rings (SSSR count). The first-order chi connectivity index (χ1) is 11.6. The Kier molecular flexibility index (Phi) is 6.74. The summed E-state index contributed by atoms with van der Waals surface area (Å²) < 4.78 is 4.98. The lowest BCUT2D eigenvalue weighted by atomic mass is 10.1. The molecule has 1 aliphatic heterocycles. The number of ether oxygens (including phenoxy) is 1. The second-order valence-electron chi connectivity index (χ2n) is 5.45. The van der Waals surface area contributed by atoms with Gasteiger partial charge in [0, 0.05) is 0 Å². The van der Waals surface area contributed by atoms with E-state index in [-0.39, 0.29) is 17.9 Å². The Morgan fingerprint density at radius 1 is 1.04 bits per heavy atom. The first-order valence-corrected chi connectivity index (χ1v) is 8.16. The van der Waals surface area contributed by atoms with Crippen LogP contribution in [-0.4, -0.2) is 36.3 Å². The van der Waals surface area contributed by atoms with Gasteiger partial charge in [-0.3, -0.25) is 14.9 Å². The molecule has 0 saturated heterocycles. The van der Waals surface area contributed by atoms with E-state index in [9.17, 15) is 14.4 Å². The molecular formula is C17H22N2O5. The molecule has 0 atom stereocenters. The summed E-state index contributed by atoms with van der Waals surface area (Å²) in [5.74, 6) is -1.08. The van der Waals surface area contributed by atoms with Crippen LogP contribution in [0.5, 0.6) is 0 Å². The second-order valence-corrected chi connectivity index (χ2v) is 5.45. The van der Waals surface area contributed by atoms with Gasteiger partial charge in [-0.15, -0.1) is 5.06 Å². The van der Waals surface area contributed by atoms with Gasteiger partial charge in [0.15, 0.2) is 0 Å². The molecule has 130 valence electrons. The molecule has 0 bridgehead atoms. The Balaban J connectivity index is 1.65.